The molecular formula is C7H12N4O2. The molecule has 0 aliphatic heterocycles. The summed E-state index contributed by atoms with van der Waals surface area (Å²) in [5.74, 6) is -0.912. The second kappa shape index (κ2) is 3.44. The molecule has 13 heavy (non-hydrogen) atoms. The number of carboxylic acids is 1. The monoisotopic (exact) mass is 184 g/mol. The molecule has 1 unspecified atom stereocenters. The first-order valence-corrected chi connectivity index (χ1v) is 3.84. The van der Waals surface area contributed by atoms with Crippen LogP contribution in [0.1, 0.15) is 23.5 Å². The van der Waals surface area contributed by atoms with Crippen LogP contribution in [-0.2, 0) is 0 Å². The van der Waals surface area contributed by atoms with Crippen molar-refractivity contribution in [3.05, 3.63) is 11.9 Å². The van der Waals surface area contributed by atoms with E-state index < -0.39 is 5.97 Å². The molecular weight excluding hydrogens is 172 g/mol. The van der Waals surface area contributed by atoms with Crippen LogP contribution < -0.4 is 11.5 Å². The molecule has 0 saturated heterocycles. The molecule has 0 fully saturated rings. The van der Waals surface area contributed by atoms with Crippen LogP contribution in [0, 0.1) is 0 Å². The van der Waals surface area contributed by atoms with Crippen molar-refractivity contribution in [3.63, 3.8) is 0 Å². The molecule has 6 nitrogen and oxygen atoms in total. The van der Waals surface area contributed by atoms with Gasteiger partial charge in [0.2, 0.25) is 5.95 Å². The number of nitrogens with two attached hydrogens (primary N) is 2. The minimum absolute atomic E-state index is 0.0411. The number of hydrogen-bond acceptors (Lipinski definition) is 4. The van der Waals surface area contributed by atoms with Crippen molar-refractivity contribution >= 4 is 11.9 Å². The van der Waals surface area contributed by atoms with Crippen molar-refractivity contribution in [1.29, 1.82) is 0 Å². The Kier molecular flexibility index (Phi) is 2.52. The summed E-state index contributed by atoms with van der Waals surface area (Å²) < 4.78 is 1.55. The van der Waals surface area contributed by atoms with E-state index in [0.717, 1.165) is 0 Å². The summed E-state index contributed by atoms with van der Waals surface area (Å²) in [4.78, 5) is 14.2. The highest BCUT2D eigenvalue weighted by Crippen LogP contribution is 2.12. The lowest BCUT2D eigenvalue weighted by molar-refractivity contribution is 0.0691. The van der Waals surface area contributed by atoms with E-state index in [-0.39, 0.29) is 17.7 Å². The summed E-state index contributed by atoms with van der Waals surface area (Å²) in [6.07, 6.45) is 1.38. The average Bonchev–Trinajstić information content (AvgIpc) is 2.46. The molecule has 0 amide bonds. The van der Waals surface area contributed by atoms with Gasteiger partial charge in [0, 0.05) is 18.8 Å². The van der Waals surface area contributed by atoms with Gasteiger partial charge in [0.15, 0.2) is 5.69 Å². The van der Waals surface area contributed by atoms with E-state index in [0.29, 0.717) is 6.54 Å². The summed E-state index contributed by atoms with van der Waals surface area (Å²) in [6, 6.07) is -0.0411. The van der Waals surface area contributed by atoms with Crippen molar-refractivity contribution in [2.75, 3.05) is 12.3 Å². The number of carbonyl (C=O) groups is 1. The molecule has 5 N–H and O–H groups in total. The number of aromatic carboxylic acids is 1. The second-order valence-electron chi connectivity index (χ2n) is 2.78. The molecule has 1 rings (SSSR count). The third-order valence-electron chi connectivity index (χ3n) is 1.80. The molecule has 0 saturated carbocycles. The highest BCUT2D eigenvalue weighted by atomic mass is 16.4. The largest absolute Gasteiger partial charge is 0.476 e. The number of nitrogens with zero attached hydrogens (tertiary/aromatic N) is 2. The first-order valence-electron chi connectivity index (χ1n) is 3.84. The Morgan fingerprint density at radius 2 is 2.46 bits per heavy atom. The normalized spacial score (nSPS) is 12.8. The topological polar surface area (TPSA) is 107 Å². The van der Waals surface area contributed by atoms with Gasteiger partial charge in [0.25, 0.3) is 0 Å². The molecule has 1 heterocycles. The van der Waals surface area contributed by atoms with Crippen LogP contribution in [0.15, 0.2) is 6.20 Å². The predicted molar refractivity (Wildman–Crippen MR) is 47.4 cm³/mol. The van der Waals surface area contributed by atoms with Crippen molar-refractivity contribution in [1.82, 2.24) is 9.55 Å². The summed E-state index contributed by atoms with van der Waals surface area (Å²) >= 11 is 0. The van der Waals surface area contributed by atoms with Crippen LogP contribution in [0.2, 0.25) is 0 Å². The lowest BCUT2D eigenvalue weighted by atomic mass is 10.3. The Morgan fingerprint density at radius 1 is 1.85 bits per heavy atom. The molecule has 1 aromatic rings. The number of nitrogen functional groups attached to an aromatic ring is 1. The van der Waals surface area contributed by atoms with E-state index in [1.54, 1.807) is 4.57 Å². The van der Waals surface area contributed by atoms with Crippen LogP contribution in [0.25, 0.3) is 0 Å². The summed E-state index contributed by atoms with van der Waals surface area (Å²) in [5.41, 5.74) is 10.8. The summed E-state index contributed by atoms with van der Waals surface area (Å²) in [6.45, 7) is 2.23. The Labute approximate surface area is 75.2 Å². The zero-order valence-electron chi connectivity index (χ0n) is 7.27. The maximum absolute atomic E-state index is 10.5. The third-order valence-corrected chi connectivity index (χ3v) is 1.80. The fourth-order valence-electron chi connectivity index (χ4n) is 0.978. The molecule has 0 bridgehead atoms. The smallest absolute Gasteiger partial charge is 0.356 e. The Bertz CT molecular complexity index is 320. The van der Waals surface area contributed by atoms with Crippen molar-refractivity contribution < 1.29 is 9.90 Å². The minimum Gasteiger partial charge on any atom is -0.476 e. The number of aromatic nitrogens is 2. The molecule has 0 aromatic carbocycles. The predicted octanol–water partition coefficient (Wildman–Crippen LogP) is -0.317. The van der Waals surface area contributed by atoms with E-state index in [4.69, 9.17) is 16.6 Å². The number of anilines is 1. The molecule has 1 aromatic heterocycles. The van der Waals surface area contributed by atoms with Gasteiger partial charge in [0.05, 0.1) is 0 Å². The standard InChI is InChI=1S/C7H12N4O2/c1-4(2-8)11-3-5(6(12)13)10-7(11)9/h3-4H,2,8H2,1H3,(H2,9,10)(H,12,13). The SMILES string of the molecule is CC(CN)n1cc(C(=O)O)nc1N. The zero-order valence-corrected chi connectivity index (χ0v) is 7.27. The lowest BCUT2D eigenvalue weighted by Crippen LogP contribution is -2.17. The first-order chi connectivity index (χ1) is 6.06. The van der Waals surface area contributed by atoms with Crippen molar-refractivity contribution in [2.24, 2.45) is 5.73 Å². The number of rotatable bonds is 3. The van der Waals surface area contributed by atoms with Crippen LogP contribution in [-0.4, -0.2) is 27.2 Å². The van der Waals surface area contributed by atoms with Crippen LogP contribution in [0.3, 0.4) is 0 Å². The van der Waals surface area contributed by atoms with Gasteiger partial charge in [-0.25, -0.2) is 9.78 Å². The van der Waals surface area contributed by atoms with E-state index in [1.807, 2.05) is 6.92 Å². The van der Waals surface area contributed by atoms with Gasteiger partial charge >= 0.3 is 5.97 Å². The fourth-order valence-corrected chi connectivity index (χ4v) is 0.978. The van der Waals surface area contributed by atoms with E-state index in [9.17, 15) is 4.79 Å². The minimum atomic E-state index is -1.09. The van der Waals surface area contributed by atoms with Crippen LogP contribution in [0.4, 0.5) is 5.95 Å². The number of hydrogen-bond donors (Lipinski definition) is 3. The maximum Gasteiger partial charge on any atom is 0.356 e. The maximum atomic E-state index is 10.5. The third kappa shape index (κ3) is 1.78. The Hall–Kier alpha value is -1.56. The van der Waals surface area contributed by atoms with Crippen molar-refractivity contribution in [3.8, 4) is 0 Å². The van der Waals surface area contributed by atoms with Gasteiger partial charge in [-0.3, -0.25) is 0 Å². The molecule has 0 aliphatic carbocycles. The molecule has 0 aliphatic rings. The fraction of sp³-hybridized carbons (Fsp3) is 0.429. The summed E-state index contributed by atoms with van der Waals surface area (Å²) in [5, 5.41) is 8.61. The highest BCUT2D eigenvalue weighted by molar-refractivity contribution is 5.85. The van der Waals surface area contributed by atoms with Gasteiger partial charge in [0.1, 0.15) is 0 Å². The molecule has 6 heteroatoms. The second-order valence-corrected chi connectivity index (χ2v) is 2.78. The molecule has 1 atom stereocenters. The molecule has 0 radical (unpaired) electrons. The van der Waals surface area contributed by atoms with E-state index >= 15 is 0 Å². The average molecular weight is 184 g/mol. The van der Waals surface area contributed by atoms with Gasteiger partial charge in [-0.15, -0.1) is 0 Å². The Balaban J connectivity index is 3.02. The van der Waals surface area contributed by atoms with Gasteiger partial charge in [-0.05, 0) is 6.92 Å². The van der Waals surface area contributed by atoms with E-state index in [2.05, 4.69) is 4.98 Å². The summed E-state index contributed by atoms with van der Waals surface area (Å²) in [7, 11) is 0. The Morgan fingerprint density at radius 3 is 2.85 bits per heavy atom. The van der Waals surface area contributed by atoms with Crippen LogP contribution in [0.5, 0.6) is 0 Å². The quantitative estimate of drug-likeness (QED) is 0.597. The van der Waals surface area contributed by atoms with Crippen LogP contribution >= 0.6 is 0 Å². The van der Waals surface area contributed by atoms with Gasteiger partial charge in [-0.1, -0.05) is 0 Å². The number of imidazole rings is 1. The van der Waals surface area contributed by atoms with E-state index in [1.165, 1.54) is 6.20 Å². The number of carboxylic acid groups (broad SMARTS) is 1. The zero-order chi connectivity index (χ0) is 10.0. The molecule has 0 spiro atoms. The lowest BCUT2D eigenvalue weighted by Gasteiger charge is -2.10. The van der Waals surface area contributed by atoms with Gasteiger partial charge < -0.3 is 21.1 Å². The highest BCUT2D eigenvalue weighted by Gasteiger charge is 2.13. The molecule has 72 valence electrons. The first kappa shape index (κ1) is 9.53. The van der Waals surface area contributed by atoms with Gasteiger partial charge in [-0.2, -0.15) is 0 Å². The van der Waals surface area contributed by atoms with Crippen molar-refractivity contribution in [2.45, 2.75) is 13.0 Å².